The van der Waals surface area contributed by atoms with E-state index in [-0.39, 0.29) is 28.6 Å². The first-order valence-corrected chi connectivity index (χ1v) is 14.5. The number of carbonyl (C=O) groups excluding carboxylic acids is 2. The van der Waals surface area contributed by atoms with Crippen molar-refractivity contribution in [3.8, 4) is 5.75 Å². The molecule has 0 fully saturated rings. The predicted molar refractivity (Wildman–Crippen MR) is 154 cm³/mol. The lowest BCUT2D eigenvalue weighted by Gasteiger charge is -2.33. The molecule has 12 heteroatoms. The molecule has 1 N–H and O–H groups in total. The van der Waals surface area contributed by atoms with E-state index in [1.54, 1.807) is 43.3 Å². The van der Waals surface area contributed by atoms with E-state index in [0.29, 0.717) is 21.4 Å². The molecule has 0 saturated heterocycles. The summed E-state index contributed by atoms with van der Waals surface area (Å²) in [5, 5.41) is 3.34. The number of likely N-dealkylation sites (N-methyl/N-ethyl adjacent to an activating group) is 1. The molecule has 39 heavy (non-hydrogen) atoms. The zero-order valence-corrected chi connectivity index (χ0v) is 24.6. The number of hydrogen-bond acceptors (Lipinski definition) is 5. The molecular formula is C27H28Cl3N3O5S. The molecule has 0 aliphatic carbocycles. The van der Waals surface area contributed by atoms with Crippen molar-refractivity contribution in [2.24, 2.45) is 0 Å². The van der Waals surface area contributed by atoms with Gasteiger partial charge in [0.2, 0.25) is 11.8 Å². The summed E-state index contributed by atoms with van der Waals surface area (Å²) in [5.41, 5.74) is 0.572. The molecule has 0 aliphatic heterocycles. The fourth-order valence-corrected chi connectivity index (χ4v) is 6.19. The second kappa shape index (κ2) is 13.4. The van der Waals surface area contributed by atoms with Crippen molar-refractivity contribution in [2.45, 2.75) is 30.8 Å². The summed E-state index contributed by atoms with van der Waals surface area (Å²) in [5.74, 6) is -0.726. The van der Waals surface area contributed by atoms with Gasteiger partial charge < -0.3 is 15.0 Å². The van der Waals surface area contributed by atoms with Gasteiger partial charge in [-0.3, -0.25) is 13.9 Å². The highest BCUT2D eigenvalue weighted by Gasteiger charge is 2.34. The fraction of sp³-hybridized carbons (Fsp3) is 0.259. The highest BCUT2D eigenvalue weighted by molar-refractivity contribution is 7.92. The molecule has 3 aromatic carbocycles. The zero-order valence-electron chi connectivity index (χ0n) is 21.5. The van der Waals surface area contributed by atoms with Crippen molar-refractivity contribution in [3.63, 3.8) is 0 Å². The Balaban J connectivity index is 2.12. The third-order valence-corrected chi connectivity index (χ3v) is 8.85. The summed E-state index contributed by atoms with van der Waals surface area (Å²) in [6.45, 7) is 0.997. The number of nitrogens with one attached hydrogen (secondary N) is 1. The quantitative estimate of drug-likeness (QED) is 0.313. The minimum Gasteiger partial charge on any atom is -0.495 e. The van der Waals surface area contributed by atoms with Gasteiger partial charge in [-0.15, -0.1) is 0 Å². The molecule has 1 atom stereocenters. The number of anilines is 1. The van der Waals surface area contributed by atoms with Gasteiger partial charge in [-0.05, 0) is 48.9 Å². The maximum absolute atomic E-state index is 14.0. The van der Waals surface area contributed by atoms with Crippen molar-refractivity contribution >= 4 is 62.3 Å². The summed E-state index contributed by atoms with van der Waals surface area (Å²) in [6, 6.07) is 16.1. The first-order valence-electron chi connectivity index (χ1n) is 11.9. The highest BCUT2D eigenvalue weighted by atomic mass is 35.5. The summed E-state index contributed by atoms with van der Waals surface area (Å²) >= 11 is 19.1. The van der Waals surface area contributed by atoms with Gasteiger partial charge in [0.25, 0.3) is 10.0 Å². The number of halogens is 3. The number of carbonyl (C=O) groups is 2. The molecule has 0 aromatic heterocycles. The molecule has 3 aromatic rings. The van der Waals surface area contributed by atoms with Gasteiger partial charge in [0.15, 0.2) is 0 Å². The fourth-order valence-electron chi connectivity index (χ4n) is 4.00. The molecule has 0 unspecified atom stereocenters. The van der Waals surface area contributed by atoms with Crippen LogP contribution in [0.5, 0.6) is 5.75 Å². The summed E-state index contributed by atoms with van der Waals surface area (Å²) in [4.78, 5) is 28.0. The summed E-state index contributed by atoms with van der Waals surface area (Å²) in [7, 11) is -1.34. The van der Waals surface area contributed by atoms with Crippen molar-refractivity contribution in [1.29, 1.82) is 0 Å². The van der Waals surface area contributed by atoms with Crippen LogP contribution in [-0.2, 0) is 26.2 Å². The highest BCUT2D eigenvalue weighted by Crippen LogP contribution is 2.33. The number of hydrogen-bond donors (Lipinski definition) is 1. The van der Waals surface area contributed by atoms with Crippen molar-refractivity contribution in [2.75, 3.05) is 25.0 Å². The Hall–Kier alpha value is -2.98. The minimum atomic E-state index is -4.23. The largest absolute Gasteiger partial charge is 0.495 e. The topological polar surface area (TPSA) is 96.0 Å². The van der Waals surface area contributed by atoms with Gasteiger partial charge in [-0.2, -0.15) is 0 Å². The smallest absolute Gasteiger partial charge is 0.264 e. The molecule has 0 heterocycles. The van der Waals surface area contributed by atoms with Crippen LogP contribution in [0.2, 0.25) is 15.1 Å². The van der Waals surface area contributed by atoms with Gasteiger partial charge in [-0.1, -0.05) is 66.0 Å². The first kappa shape index (κ1) is 30.6. The van der Waals surface area contributed by atoms with E-state index in [1.165, 1.54) is 49.4 Å². The summed E-state index contributed by atoms with van der Waals surface area (Å²) < 4.78 is 33.8. The Morgan fingerprint density at radius 3 is 2.13 bits per heavy atom. The Labute approximate surface area is 243 Å². The maximum atomic E-state index is 14.0. The molecule has 208 valence electrons. The van der Waals surface area contributed by atoms with Gasteiger partial charge >= 0.3 is 0 Å². The van der Waals surface area contributed by atoms with Gasteiger partial charge in [-0.25, -0.2) is 8.42 Å². The van der Waals surface area contributed by atoms with Crippen LogP contribution in [0.3, 0.4) is 0 Å². The number of amides is 2. The molecule has 0 saturated carbocycles. The second-order valence-electron chi connectivity index (χ2n) is 8.40. The number of rotatable bonds is 11. The predicted octanol–water partition coefficient (Wildman–Crippen LogP) is 5.40. The van der Waals surface area contributed by atoms with Crippen molar-refractivity contribution in [3.05, 3.63) is 87.4 Å². The first-order chi connectivity index (χ1) is 18.5. The Morgan fingerprint density at radius 2 is 1.59 bits per heavy atom. The maximum Gasteiger partial charge on any atom is 0.264 e. The van der Waals surface area contributed by atoms with Crippen LogP contribution in [0.4, 0.5) is 5.69 Å². The van der Waals surface area contributed by atoms with E-state index in [4.69, 9.17) is 39.5 Å². The number of sulfonamides is 1. The van der Waals surface area contributed by atoms with Gasteiger partial charge in [0.1, 0.15) is 18.3 Å². The third kappa shape index (κ3) is 6.97. The number of methoxy groups -OCH3 is 1. The second-order valence-corrected chi connectivity index (χ2v) is 11.5. The number of ether oxygens (including phenoxy) is 1. The van der Waals surface area contributed by atoms with Crippen molar-refractivity contribution in [1.82, 2.24) is 10.2 Å². The Bertz CT molecular complexity index is 1420. The van der Waals surface area contributed by atoms with Crippen LogP contribution in [0.15, 0.2) is 71.6 Å². The van der Waals surface area contributed by atoms with E-state index in [1.807, 2.05) is 0 Å². The standard InChI is InChI=1S/C27H28Cl3N3O5S/c1-4-24(27(35)31-2)32(16-20-21(28)11-8-12-22(20)29)26(34)17-33(18-13-14-25(38-3)23(30)15-18)39(36,37)19-9-6-5-7-10-19/h5-15,24H,4,16-17H2,1-3H3,(H,31,35)/t24-/m0/s1. The van der Waals surface area contributed by atoms with Gasteiger partial charge in [0.05, 0.1) is 22.7 Å². The lowest BCUT2D eigenvalue weighted by molar-refractivity contribution is -0.140. The third-order valence-electron chi connectivity index (χ3n) is 6.06. The molecule has 3 rings (SSSR count). The van der Waals surface area contributed by atoms with E-state index in [0.717, 1.165) is 4.31 Å². The SMILES string of the molecule is CC[C@@H](C(=O)NC)N(Cc1c(Cl)cccc1Cl)C(=O)CN(c1ccc(OC)c(Cl)c1)S(=O)(=O)c1ccccc1. The zero-order chi connectivity index (χ0) is 28.7. The normalized spacial score (nSPS) is 11.9. The van der Waals surface area contributed by atoms with E-state index < -0.39 is 34.4 Å². The molecule has 2 amide bonds. The Morgan fingerprint density at radius 1 is 0.949 bits per heavy atom. The van der Waals surface area contributed by atoms with Crippen LogP contribution in [0, 0.1) is 0 Å². The molecular weight excluding hydrogens is 585 g/mol. The van der Waals surface area contributed by atoms with Crippen molar-refractivity contribution < 1.29 is 22.7 Å². The average Bonchev–Trinajstić information content (AvgIpc) is 2.93. The molecule has 0 radical (unpaired) electrons. The molecule has 0 spiro atoms. The van der Waals surface area contributed by atoms with E-state index >= 15 is 0 Å². The van der Waals surface area contributed by atoms with Crippen LogP contribution in [0.25, 0.3) is 0 Å². The van der Waals surface area contributed by atoms with E-state index in [2.05, 4.69) is 5.32 Å². The lowest BCUT2D eigenvalue weighted by Crippen LogP contribution is -2.51. The summed E-state index contributed by atoms with van der Waals surface area (Å²) in [6.07, 6.45) is 0.257. The van der Waals surface area contributed by atoms with Crippen LogP contribution >= 0.6 is 34.8 Å². The molecule has 0 aliphatic rings. The minimum absolute atomic E-state index is 0.0243. The molecule has 0 bridgehead atoms. The van der Waals surface area contributed by atoms with Crippen LogP contribution in [0.1, 0.15) is 18.9 Å². The Kier molecular flexibility index (Phi) is 10.5. The molecule has 8 nitrogen and oxygen atoms in total. The van der Waals surface area contributed by atoms with E-state index in [9.17, 15) is 18.0 Å². The van der Waals surface area contributed by atoms with Gasteiger partial charge in [0, 0.05) is 29.2 Å². The monoisotopic (exact) mass is 611 g/mol. The van der Waals surface area contributed by atoms with Crippen LogP contribution in [-0.4, -0.2) is 51.9 Å². The average molecular weight is 613 g/mol. The van der Waals surface area contributed by atoms with Crippen LogP contribution < -0.4 is 14.4 Å². The number of benzene rings is 3. The lowest BCUT2D eigenvalue weighted by atomic mass is 10.1. The number of nitrogens with zero attached hydrogens (tertiary/aromatic N) is 2.